The lowest BCUT2D eigenvalue weighted by molar-refractivity contribution is -0.144. The van der Waals surface area contributed by atoms with Crippen LogP contribution in [-0.2, 0) is 26.3 Å². The number of likely N-dealkylation sites (tertiary alicyclic amines) is 1. The number of amides is 2. The number of nitrogens with zero attached hydrogens (tertiary/aromatic N) is 1. The minimum absolute atomic E-state index is 0.0348. The van der Waals surface area contributed by atoms with Gasteiger partial charge in [-0.15, -0.1) is 0 Å². The van der Waals surface area contributed by atoms with Gasteiger partial charge in [-0.25, -0.2) is 0 Å². The van der Waals surface area contributed by atoms with E-state index in [1.54, 1.807) is 14.2 Å². The summed E-state index contributed by atoms with van der Waals surface area (Å²) in [5.74, 6) is 1.25. The summed E-state index contributed by atoms with van der Waals surface area (Å²) >= 11 is 0. The highest BCUT2D eigenvalue weighted by Gasteiger charge is 2.43. The summed E-state index contributed by atoms with van der Waals surface area (Å²) in [7, 11) is 3.28. The van der Waals surface area contributed by atoms with E-state index in [2.05, 4.69) is 5.32 Å². The molecule has 4 rings (SSSR count). The molecule has 0 saturated carbocycles. The van der Waals surface area contributed by atoms with Gasteiger partial charge in [0, 0.05) is 26.1 Å². The van der Waals surface area contributed by atoms with E-state index in [-0.39, 0.29) is 23.3 Å². The third kappa shape index (κ3) is 3.14. The highest BCUT2D eigenvalue weighted by atomic mass is 16.5. The highest BCUT2D eigenvalue weighted by molar-refractivity contribution is 5.89. The van der Waals surface area contributed by atoms with Crippen molar-refractivity contribution in [3.05, 3.63) is 23.3 Å². The van der Waals surface area contributed by atoms with E-state index < -0.39 is 0 Å². The van der Waals surface area contributed by atoms with Crippen LogP contribution < -0.4 is 14.8 Å². The minimum Gasteiger partial charge on any atom is -0.493 e. The van der Waals surface area contributed by atoms with Crippen LogP contribution >= 0.6 is 0 Å². The predicted octanol–water partition coefficient (Wildman–Crippen LogP) is 1.23. The Bertz CT molecular complexity index is 755. The second kappa shape index (κ2) is 7.03. The highest BCUT2D eigenvalue weighted by Crippen LogP contribution is 2.45. The summed E-state index contributed by atoms with van der Waals surface area (Å²) in [5, 5.41) is 2.75. The van der Waals surface area contributed by atoms with Gasteiger partial charge in [0.05, 0.1) is 32.3 Å². The zero-order valence-electron chi connectivity index (χ0n) is 15.9. The standard InChI is InChI=1S/C20H26N2O5/c1-25-16-9-13-3-8-27-20(15(13)11-17(16)26-2)4-6-22(7-5-20)19(24)14-10-18(23)21-12-14/h9,11,14H,3-8,10,12H2,1-2H3,(H,21,23). The number of benzene rings is 1. The third-order valence-electron chi connectivity index (χ3n) is 6.06. The van der Waals surface area contributed by atoms with Crippen molar-refractivity contribution >= 4 is 11.8 Å². The maximum Gasteiger partial charge on any atom is 0.227 e. The molecule has 3 heterocycles. The maximum atomic E-state index is 12.7. The summed E-state index contributed by atoms with van der Waals surface area (Å²) in [6, 6.07) is 4.08. The number of rotatable bonds is 3. The number of carbonyl (C=O) groups is 2. The number of hydrogen-bond acceptors (Lipinski definition) is 5. The van der Waals surface area contributed by atoms with Crippen molar-refractivity contribution in [1.29, 1.82) is 0 Å². The first-order valence-electron chi connectivity index (χ1n) is 9.51. The Morgan fingerprint density at radius 3 is 2.56 bits per heavy atom. The van der Waals surface area contributed by atoms with Crippen LogP contribution in [0.15, 0.2) is 12.1 Å². The van der Waals surface area contributed by atoms with Crippen molar-refractivity contribution in [2.45, 2.75) is 31.3 Å². The molecule has 0 aliphatic carbocycles. The molecule has 1 N–H and O–H groups in total. The van der Waals surface area contributed by atoms with Crippen molar-refractivity contribution in [1.82, 2.24) is 10.2 Å². The zero-order valence-corrected chi connectivity index (χ0v) is 15.9. The van der Waals surface area contributed by atoms with Crippen molar-refractivity contribution < 1.29 is 23.8 Å². The van der Waals surface area contributed by atoms with Gasteiger partial charge in [-0.3, -0.25) is 9.59 Å². The van der Waals surface area contributed by atoms with Crippen LogP contribution in [0.3, 0.4) is 0 Å². The summed E-state index contributed by atoms with van der Waals surface area (Å²) in [4.78, 5) is 26.0. The summed E-state index contributed by atoms with van der Waals surface area (Å²) in [5.41, 5.74) is 1.99. The molecule has 1 aromatic carbocycles. The van der Waals surface area contributed by atoms with Crippen LogP contribution in [-0.4, -0.2) is 57.2 Å². The molecule has 7 heteroatoms. The van der Waals surface area contributed by atoms with E-state index in [1.165, 1.54) is 5.56 Å². The van der Waals surface area contributed by atoms with Gasteiger partial charge in [0.2, 0.25) is 11.8 Å². The Morgan fingerprint density at radius 2 is 1.93 bits per heavy atom. The monoisotopic (exact) mass is 374 g/mol. The molecular formula is C20H26N2O5. The molecule has 0 radical (unpaired) electrons. The number of nitrogens with one attached hydrogen (secondary N) is 1. The average molecular weight is 374 g/mol. The number of methoxy groups -OCH3 is 2. The fourth-order valence-corrected chi connectivity index (χ4v) is 4.53. The maximum absolute atomic E-state index is 12.7. The lowest BCUT2D eigenvalue weighted by Crippen LogP contribution is -2.50. The van der Waals surface area contributed by atoms with Gasteiger partial charge in [0.15, 0.2) is 11.5 Å². The zero-order chi connectivity index (χ0) is 19.0. The smallest absolute Gasteiger partial charge is 0.227 e. The Hall–Kier alpha value is -2.28. The quantitative estimate of drug-likeness (QED) is 0.861. The van der Waals surface area contributed by atoms with E-state index in [9.17, 15) is 9.59 Å². The third-order valence-corrected chi connectivity index (χ3v) is 6.06. The van der Waals surface area contributed by atoms with Gasteiger partial charge >= 0.3 is 0 Å². The van der Waals surface area contributed by atoms with Gasteiger partial charge in [-0.05, 0) is 42.5 Å². The summed E-state index contributed by atoms with van der Waals surface area (Å²) < 4.78 is 17.2. The Morgan fingerprint density at radius 1 is 1.22 bits per heavy atom. The number of carbonyl (C=O) groups excluding carboxylic acids is 2. The molecule has 7 nitrogen and oxygen atoms in total. The Labute approximate surface area is 158 Å². The molecule has 1 spiro atoms. The van der Waals surface area contributed by atoms with Crippen molar-refractivity contribution in [2.24, 2.45) is 5.92 Å². The fourth-order valence-electron chi connectivity index (χ4n) is 4.53. The van der Waals surface area contributed by atoms with Gasteiger partial charge in [-0.2, -0.15) is 0 Å². The van der Waals surface area contributed by atoms with Crippen molar-refractivity contribution in [3.8, 4) is 11.5 Å². The van der Waals surface area contributed by atoms with E-state index in [0.29, 0.717) is 38.4 Å². The average Bonchev–Trinajstić information content (AvgIpc) is 3.14. The molecule has 2 saturated heterocycles. The molecule has 0 aromatic heterocycles. The first-order valence-corrected chi connectivity index (χ1v) is 9.51. The molecule has 1 unspecified atom stereocenters. The van der Waals surface area contributed by atoms with Crippen LogP contribution in [0.4, 0.5) is 0 Å². The number of piperidine rings is 1. The van der Waals surface area contributed by atoms with Crippen LogP contribution in [0.1, 0.15) is 30.4 Å². The fraction of sp³-hybridized carbons (Fsp3) is 0.600. The predicted molar refractivity (Wildman–Crippen MR) is 97.8 cm³/mol. The Kier molecular flexibility index (Phi) is 4.72. The lowest BCUT2D eigenvalue weighted by Gasteiger charge is -2.45. The molecular weight excluding hydrogens is 348 g/mol. The van der Waals surface area contributed by atoms with Gasteiger partial charge in [-0.1, -0.05) is 0 Å². The normalized spacial score (nSPS) is 23.7. The molecule has 146 valence electrons. The lowest BCUT2D eigenvalue weighted by atomic mass is 9.79. The SMILES string of the molecule is COc1cc2c(cc1OC)C1(CCN(C(=O)C3CNC(=O)C3)CC1)OCC2. The van der Waals surface area contributed by atoms with Gasteiger partial charge in [0.25, 0.3) is 0 Å². The second-order valence-corrected chi connectivity index (χ2v) is 7.49. The molecule has 0 bridgehead atoms. The van der Waals surface area contributed by atoms with Crippen LogP contribution in [0.25, 0.3) is 0 Å². The van der Waals surface area contributed by atoms with Gasteiger partial charge in [0.1, 0.15) is 0 Å². The van der Waals surface area contributed by atoms with E-state index in [4.69, 9.17) is 14.2 Å². The number of fused-ring (bicyclic) bond motifs is 2. The molecule has 1 aromatic rings. The van der Waals surface area contributed by atoms with Crippen LogP contribution in [0.2, 0.25) is 0 Å². The Balaban J connectivity index is 1.53. The van der Waals surface area contributed by atoms with Crippen molar-refractivity contribution in [3.63, 3.8) is 0 Å². The number of hydrogen-bond donors (Lipinski definition) is 1. The van der Waals surface area contributed by atoms with E-state index in [0.717, 1.165) is 30.6 Å². The van der Waals surface area contributed by atoms with Crippen LogP contribution in [0.5, 0.6) is 11.5 Å². The molecule has 3 aliphatic rings. The van der Waals surface area contributed by atoms with Crippen LogP contribution in [0, 0.1) is 5.92 Å². The van der Waals surface area contributed by atoms with E-state index in [1.807, 2.05) is 17.0 Å². The number of ether oxygens (including phenoxy) is 3. The van der Waals surface area contributed by atoms with Crippen molar-refractivity contribution in [2.75, 3.05) is 40.5 Å². The summed E-state index contributed by atoms with van der Waals surface area (Å²) in [6.07, 6.45) is 2.64. The first-order chi connectivity index (χ1) is 13.1. The van der Waals surface area contributed by atoms with E-state index >= 15 is 0 Å². The largest absolute Gasteiger partial charge is 0.493 e. The molecule has 1 atom stereocenters. The topological polar surface area (TPSA) is 77.1 Å². The molecule has 27 heavy (non-hydrogen) atoms. The molecule has 2 fully saturated rings. The van der Waals surface area contributed by atoms with Gasteiger partial charge < -0.3 is 24.4 Å². The second-order valence-electron chi connectivity index (χ2n) is 7.49. The summed E-state index contributed by atoms with van der Waals surface area (Å²) in [6.45, 7) is 2.39. The minimum atomic E-state index is -0.381. The molecule has 2 amide bonds. The molecule has 3 aliphatic heterocycles. The first kappa shape index (κ1) is 18.1.